The van der Waals surface area contributed by atoms with Crippen LogP contribution in [0.25, 0.3) is 0 Å². The number of para-hydroxylation sites is 1. The molecule has 5 heterocycles. The summed E-state index contributed by atoms with van der Waals surface area (Å²) in [5.41, 5.74) is -0.930. The molecule has 2 spiro atoms. The molecular weight excluding hydrogens is 453 g/mol. The summed E-state index contributed by atoms with van der Waals surface area (Å²) in [6, 6.07) is 14.7. The number of thiophene rings is 1. The maximum absolute atomic E-state index is 14.7. The fourth-order valence-electron chi connectivity index (χ4n) is 7.12. The minimum atomic E-state index is -1.53. The van der Waals surface area contributed by atoms with Crippen LogP contribution >= 0.6 is 11.3 Å². The van der Waals surface area contributed by atoms with Crippen molar-refractivity contribution in [3.63, 3.8) is 0 Å². The molecule has 6 nitrogen and oxygen atoms in total. The van der Waals surface area contributed by atoms with Crippen molar-refractivity contribution in [2.24, 2.45) is 5.92 Å². The molecule has 4 aliphatic rings. The Morgan fingerprint density at radius 3 is 2.62 bits per heavy atom. The number of nitrogens with zero attached hydrogens (tertiary/aromatic N) is 1. The summed E-state index contributed by atoms with van der Waals surface area (Å²) in [6.07, 6.45) is 1.47. The van der Waals surface area contributed by atoms with Crippen LogP contribution in [0, 0.1) is 11.7 Å². The number of Topliss-reactive ketones (excluding diaryl/α,β-unsaturated/α-hetero) is 1. The minimum absolute atomic E-state index is 0.145. The third-order valence-corrected chi connectivity index (χ3v) is 8.99. The molecular formula is C26H20FN3O3S. The molecule has 4 atom stereocenters. The first-order valence-electron chi connectivity index (χ1n) is 11.4. The van der Waals surface area contributed by atoms with E-state index < -0.39 is 22.7 Å². The molecule has 1 aromatic heterocycles. The Morgan fingerprint density at radius 2 is 1.79 bits per heavy atom. The van der Waals surface area contributed by atoms with Gasteiger partial charge in [0.25, 0.3) is 5.91 Å². The molecule has 7 rings (SSSR count). The molecule has 2 N–H and O–H groups in total. The van der Waals surface area contributed by atoms with Crippen molar-refractivity contribution in [2.45, 2.75) is 29.8 Å². The number of halogens is 1. The fourth-order valence-corrected chi connectivity index (χ4v) is 7.83. The molecule has 0 unspecified atom stereocenters. The predicted molar refractivity (Wildman–Crippen MR) is 125 cm³/mol. The van der Waals surface area contributed by atoms with E-state index in [9.17, 15) is 18.8 Å². The summed E-state index contributed by atoms with van der Waals surface area (Å²) >= 11 is 1.34. The van der Waals surface area contributed by atoms with Crippen LogP contribution in [-0.4, -0.2) is 35.1 Å². The van der Waals surface area contributed by atoms with Crippen molar-refractivity contribution in [3.05, 3.63) is 81.8 Å². The normalized spacial score (nSPS) is 31.0. The zero-order valence-corrected chi connectivity index (χ0v) is 18.8. The molecule has 2 saturated heterocycles. The molecule has 0 aliphatic carbocycles. The number of benzene rings is 2. The van der Waals surface area contributed by atoms with Crippen molar-refractivity contribution >= 4 is 40.3 Å². The Bertz CT molecular complexity index is 1410. The van der Waals surface area contributed by atoms with Crippen LogP contribution in [0.3, 0.4) is 0 Å². The van der Waals surface area contributed by atoms with Crippen molar-refractivity contribution in [3.8, 4) is 0 Å². The van der Waals surface area contributed by atoms with Gasteiger partial charge >= 0.3 is 0 Å². The van der Waals surface area contributed by atoms with E-state index in [1.54, 1.807) is 18.2 Å². The van der Waals surface area contributed by atoms with Crippen molar-refractivity contribution in [2.75, 3.05) is 17.2 Å². The maximum atomic E-state index is 14.7. The smallest absolute Gasteiger partial charge is 0.251 e. The molecule has 2 amide bonds. The van der Waals surface area contributed by atoms with Crippen LogP contribution < -0.4 is 10.6 Å². The molecule has 4 aliphatic heterocycles. The first-order valence-corrected chi connectivity index (χ1v) is 12.3. The topological polar surface area (TPSA) is 78.5 Å². The van der Waals surface area contributed by atoms with Crippen molar-refractivity contribution in [1.29, 1.82) is 0 Å². The third kappa shape index (κ3) is 2.08. The summed E-state index contributed by atoms with van der Waals surface area (Å²) in [4.78, 5) is 45.1. The van der Waals surface area contributed by atoms with Gasteiger partial charge in [-0.15, -0.1) is 11.3 Å². The molecule has 2 aromatic carbocycles. The van der Waals surface area contributed by atoms with Gasteiger partial charge in [-0.25, -0.2) is 4.39 Å². The Hall–Kier alpha value is -3.36. The lowest BCUT2D eigenvalue weighted by Crippen LogP contribution is -2.62. The van der Waals surface area contributed by atoms with Crippen LogP contribution in [0.1, 0.15) is 33.6 Å². The Morgan fingerprint density at radius 1 is 1.00 bits per heavy atom. The minimum Gasteiger partial charge on any atom is -0.325 e. The van der Waals surface area contributed by atoms with E-state index in [0.717, 1.165) is 6.42 Å². The highest BCUT2D eigenvalue weighted by molar-refractivity contribution is 7.12. The first-order chi connectivity index (χ1) is 16.5. The second-order valence-corrected chi connectivity index (χ2v) is 10.3. The van der Waals surface area contributed by atoms with E-state index in [2.05, 4.69) is 10.6 Å². The lowest BCUT2D eigenvalue weighted by atomic mass is 9.57. The van der Waals surface area contributed by atoms with Gasteiger partial charge in [-0.05, 0) is 60.7 Å². The van der Waals surface area contributed by atoms with E-state index in [1.165, 1.54) is 23.5 Å². The van der Waals surface area contributed by atoms with E-state index in [1.807, 2.05) is 34.5 Å². The highest BCUT2D eigenvalue weighted by atomic mass is 32.1. The van der Waals surface area contributed by atoms with Gasteiger partial charge in [0.05, 0.1) is 10.8 Å². The number of ketones is 1. The molecule has 170 valence electrons. The lowest BCUT2D eigenvalue weighted by molar-refractivity contribution is -0.137. The third-order valence-electron chi connectivity index (χ3n) is 8.10. The van der Waals surface area contributed by atoms with E-state index in [0.29, 0.717) is 40.3 Å². The highest BCUT2D eigenvalue weighted by Gasteiger charge is 2.81. The summed E-state index contributed by atoms with van der Waals surface area (Å²) < 4.78 is 14.7. The van der Waals surface area contributed by atoms with Crippen molar-refractivity contribution in [1.82, 2.24) is 4.90 Å². The van der Waals surface area contributed by atoms with Gasteiger partial charge < -0.3 is 10.6 Å². The van der Waals surface area contributed by atoms with Gasteiger partial charge in [-0.3, -0.25) is 19.3 Å². The average Bonchev–Trinajstić information content (AvgIpc) is 3.62. The van der Waals surface area contributed by atoms with Crippen LogP contribution in [0.15, 0.2) is 60.0 Å². The van der Waals surface area contributed by atoms with E-state index >= 15 is 0 Å². The SMILES string of the molecule is O=C(c1cccs1)[C@@H]1[C@@H]2CCCN2[C@]2(C(=O)Nc3ccc(F)cc32)[C@@]12C(=O)Nc1ccccc12. The monoisotopic (exact) mass is 473 g/mol. The number of carbonyl (C=O) groups is 3. The summed E-state index contributed by atoms with van der Waals surface area (Å²) in [5, 5.41) is 7.75. The molecule has 3 aromatic rings. The molecule has 0 saturated carbocycles. The van der Waals surface area contributed by atoms with Crippen molar-refractivity contribution < 1.29 is 18.8 Å². The molecule has 34 heavy (non-hydrogen) atoms. The fraction of sp³-hybridized carbons (Fsp3) is 0.269. The number of anilines is 2. The number of hydrogen-bond donors (Lipinski definition) is 2. The largest absolute Gasteiger partial charge is 0.325 e. The number of carbonyl (C=O) groups excluding carboxylic acids is 3. The summed E-state index contributed by atoms with van der Waals surface area (Å²) in [7, 11) is 0. The Balaban J connectivity index is 1.62. The maximum Gasteiger partial charge on any atom is 0.251 e. The van der Waals surface area contributed by atoms with Crippen LogP contribution in [0.5, 0.6) is 0 Å². The van der Waals surface area contributed by atoms with Gasteiger partial charge in [0, 0.05) is 23.0 Å². The number of amides is 2. The summed E-state index contributed by atoms with van der Waals surface area (Å²) in [6.45, 7) is 0.541. The van der Waals surface area contributed by atoms with Gasteiger partial charge in [0.1, 0.15) is 16.8 Å². The lowest BCUT2D eigenvalue weighted by Gasteiger charge is -2.43. The quantitative estimate of drug-likeness (QED) is 0.554. The Kier molecular flexibility index (Phi) is 3.90. The zero-order chi connectivity index (χ0) is 23.2. The van der Waals surface area contributed by atoms with Gasteiger partial charge in [-0.1, -0.05) is 24.3 Å². The van der Waals surface area contributed by atoms with E-state index in [4.69, 9.17) is 0 Å². The zero-order valence-electron chi connectivity index (χ0n) is 18.0. The first kappa shape index (κ1) is 20.1. The average molecular weight is 474 g/mol. The van der Waals surface area contributed by atoms with Crippen LogP contribution in [-0.2, 0) is 20.5 Å². The number of rotatable bonds is 2. The second-order valence-electron chi connectivity index (χ2n) is 9.38. The number of fused-ring (bicyclic) bond motifs is 7. The predicted octanol–water partition coefficient (Wildman–Crippen LogP) is 3.90. The Labute approximate surface area is 198 Å². The summed E-state index contributed by atoms with van der Waals surface area (Å²) in [5.74, 6) is -2.19. The van der Waals surface area contributed by atoms with Crippen LogP contribution in [0.4, 0.5) is 15.8 Å². The highest BCUT2D eigenvalue weighted by Crippen LogP contribution is 2.67. The van der Waals surface area contributed by atoms with Gasteiger partial charge in [0.15, 0.2) is 5.78 Å². The molecule has 0 radical (unpaired) electrons. The van der Waals surface area contributed by atoms with Gasteiger partial charge in [-0.2, -0.15) is 0 Å². The molecule has 2 fully saturated rings. The standard InChI is InChI=1S/C26H20FN3O3S/c27-14-9-10-18-16(13-14)26(24(33)29-18)25(15-5-1-2-6-17(15)28-23(25)32)21(19-7-3-11-30(19)26)22(31)20-8-4-12-34-20/h1-2,4-6,8-10,12-13,19,21H,3,7,11H2,(H,28,32)(H,29,33)/t19-,21-,25+,26+/m0/s1. The molecule has 0 bridgehead atoms. The molecule has 8 heteroatoms. The van der Waals surface area contributed by atoms with E-state index in [-0.39, 0.29) is 23.6 Å². The van der Waals surface area contributed by atoms with Crippen LogP contribution in [0.2, 0.25) is 0 Å². The second kappa shape index (κ2) is 6.61. The number of hydrogen-bond acceptors (Lipinski definition) is 5. The number of nitrogens with one attached hydrogen (secondary N) is 2. The van der Waals surface area contributed by atoms with Gasteiger partial charge in [0.2, 0.25) is 5.91 Å².